The Kier molecular flexibility index (Phi) is 11.0. The van der Waals surface area contributed by atoms with E-state index in [0.29, 0.717) is 42.9 Å². The van der Waals surface area contributed by atoms with Gasteiger partial charge in [-0.1, -0.05) is 37.2 Å². The SMILES string of the molecule is CCCc1nc(CC)cc(=O)n1Cc1ccc(-c2cc(C)sc2S(=O)(=O)O)c(COCC)c1.Cc1onc(N)c1C. The lowest BCUT2D eigenvalue weighted by Gasteiger charge is -2.16. The molecular weight excluding hydrogens is 564 g/mol. The molecule has 0 radical (unpaired) electrons. The molecule has 0 saturated heterocycles. The van der Waals surface area contributed by atoms with Gasteiger partial charge >= 0.3 is 10.1 Å². The van der Waals surface area contributed by atoms with Crippen LogP contribution in [0.4, 0.5) is 5.82 Å². The van der Waals surface area contributed by atoms with E-state index in [1.807, 2.05) is 45.9 Å². The summed E-state index contributed by atoms with van der Waals surface area (Å²) in [5, 5.41) is 3.52. The third-order valence-corrected chi connectivity index (χ3v) is 8.90. The molecule has 41 heavy (non-hydrogen) atoms. The highest BCUT2D eigenvalue weighted by Crippen LogP contribution is 2.37. The van der Waals surface area contributed by atoms with Crippen molar-refractivity contribution in [3.8, 4) is 11.1 Å². The predicted molar refractivity (Wildman–Crippen MR) is 161 cm³/mol. The normalized spacial score (nSPS) is 11.4. The first-order valence-electron chi connectivity index (χ1n) is 13.4. The summed E-state index contributed by atoms with van der Waals surface area (Å²) in [6.07, 6.45) is 2.29. The average molecular weight is 603 g/mol. The fourth-order valence-corrected chi connectivity index (χ4v) is 6.21. The van der Waals surface area contributed by atoms with Crippen molar-refractivity contribution in [2.75, 3.05) is 12.3 Å². The van der Waals surface area contributed by atoms with Gasteiger partial charge in [-0.3, -0.25) is 13.9 Å². The molecule has 12 heteroatoms. The Morgan fingerprint density at radius 2 is 1.83 bits per heavy atom. The summed E-state index contributed by atoms with van der Waals surface area (Å²) in [6, 6.07) is 8.98. The van der Waals surface area contributed by atoms with Gasteiger partial charge in [-0.15, -0.1) is 11.3 Å². The molecule has 3 heterocycles. The quantitative estimate of drug-likeness (QED) is 0.224. The van der Waals surface area contributed by atoms with Crippen LogP contribution >= 0.6 is 11.3 Å². The predicted octanol–water partition coefficient (Wildman–Crippen LogP) is 5.50. The molecule has 10 nitrogen and oxygen atoms in total. The molecule has 222 valence electrons. The second-order valence-corrected chi connectivity index (χ2v) is 12.5. The van der Waals surface area contributed by atoms with Gasteiger partial charge in [-0.2, -0.15) is 8.42 Å². The van der Waals surface area contributed by atoms with Crippen molar-refractivity contribution in [1.82, 2.24) is 14.7 Å². The van der Waals surface area contributed by atoms with Crippen LogP contribution in [-0.4, -0.2) is 34.3 Å². The summed E-state index contributed by atoms with van der Waals surface area (Å²) in [5.74, 6) is 2.05. The van der Waals surface area contributed by atoms with E-state index in [1.54, 1.807) is 23.6 Å². The maximum atomic E-state index is 12.8. The van der Waals surface area contributed by atoms with E-state index < -0.39 is 10.1 Å². The monoisotopic (exact) mass is 602 g/mol. The molecular formula is C29H38N4O6S2. The zero-order valence-corrected chi connectivity index (χ0v) is 26.0. The maximum absolute atomic E-state index is 12.8. The first-order valence-corrected chi connectivity index (χ1v) is 15.7. The van der Waals surface area contributed by atoms with Gasteiger partial charge in [0.05, 0.1) is 13.2 Å². The molecule has 0 spiro atoms. The maximum Gasteiger partial charge on any atom is 0.304 e. The highest BCUT2D eigenvalue weighted by atomic mass is 32.3. The van der Waals surface area contributed by atoms with E-state index in [9.17, 15) is 17.8 Å². The number of hydrogen-bond acceptors (Lipinski definition) is 9. The van der Waals surface area contributed by atoms with E-state index in [4.69, 9.17) is 15.0 Å². The van der Waals surface area contributed by atoms with Gasteiger partial charge in [0.25, 0.3) is 5.56 Å². The van der Waals surface area contributed by atoms with Crippen LogP contribution in [0.1, 0.15) is 66.0 Å². The number of thiophene rings is 1. The highest BCUT2D eigenvalue weighted by molar-refractivity contribution is 7.88. The molecule has 0 fully saturated rings. The third-order valence-electron chi connectivity index (χ3n) is 6.49. The zero-order valence-electron chi connectivity index (χ0n) is 24.4. The first-order chi connectivity index (χ1) is 19.4. The Morgan fingerprint density at radius 1 is 1.10 bits per heavy atom. The van der Waals surface area contributed by atoms with Crippen molar-refractivity contribution in [1.29, 1.82) is 0 Å². The Bertz CT molecular complexity index is 1630. The van der Waals surface area contributed by atoms with E-state index in [2.05, 4.69) is 17.1 Å². The molecule has 3 N–H and O–H groups in total. The lowest BCUT2D eigenvalue weighted by molar-refractivity contribution is 0.134. The number of rotatable bonds is 10. The standard InChI is InChI=1S/C24H30N2O5S2.C5H8N2O/c1-5-8-22-25-19(6-2)13-23(27)26(22)14-17-9-10-20(18(12-17)15-31-7-3)21-11-16(4)32-24(21)33(28,29)30;1-3-4(2)8-7-5(3)6/h9-13H,5-8,14-15H2,1-4H3,(H,28,29,30);1-2H3,(H2,6,7). The summed E-state index contributed by atoms with van der Waals surface area (Å²) in [6.45, 7) is 12.6. The average Bonchev–Trinajstić information content (AvgIpc) is 3.46. The number of aryl methyl sites for hydroxylation is 4. The molecule has 0 aliphatic carbocycles. The van der Waals surface area contributed by atoms with Crippen LogP contribution in [0, 0.1) is 20.8 Å². The van der Waals surface area contributed by atoms with Gasteiger partial charge in [-0.05, 0) is 63.3 Å². The van der Waals surface area contributed by atoms with E-state index in [-0.39, 0.29) is 16.4 Å². The van der Waals surface area contributed by atoms with Crippen molar-refractivity contribution in [3.05, 3.63) is 79.5 Å². The molecule has 0 aliphatic rings. The van der Waals surface area contributed by atoms with Gasteiger partial charge in [0, 0.05) is 40.8 Å². The van der Waals surface area contributed by atoms with Crippen LogP contribution < -0.4 is 11.3 Å². The van der Waals surface area contributed by atoms with Crippen molar-refractivity contribution in [2.24, 2.45) is 0 Å². The number of nitrogens with two attached hydrogens (primary N) is 1. The largest absolute Gasteiger partial charge is 0.381 e. The number of benzene rings is 1. The van der Waals surface area contributed by atoms with Crippen LogP contribution in [0.25, 0.3) is 11.1 Å². The molecule has 0 aliphatic heterocycles. The van der Waals surface area contributed by atoms with Gasteiger partial charge in [0.1, 0.15) is 11.6 Å². The Labute approximate surface area is 244 Å². The number of nitrogens with zero attached hydrogens (tertiary/aromatic N) is 3. The van der Waals surface area contributed by atoms with E-state index in [0.717, 1.165) is 56.6 Å². The first kappa shape index (κ1) is 32.2. The Morgan fingerprint density at radius 3 is 2.37 bits per heavy atom. The van der Waals surface area contributed by atoms with Gasteiger partial charge < -0.3 is 15.0 Å². The summed E-state index contributed by atoms with van der Waals surface area (Å²) < 4.78 is 45.6. The minimum atomic E-state index is -4.36. The third kappa shape index (κ3) is 8.13. The lowest BCUT2D eigenvalue weighted by atomic mass is 9.99. The summed E-state index contributed by atoms with van der Waals surface area (Å²) in [5.41, 5.74) is 9.80. The minimum absolute atomic E-state index is 0.0775. The summed E-state index contributed by atoms with van der Waals surface area (Å²) in [7, 11) is -4.36. The van der Waals surface area contributed by atoms with Gasteiger partial charge in [-0.25, -0.2) is 4.98 Å². The van der Waals surface area contributed by atoms with Crippen LogP contribution in [-0.2, 0) is 40.8 Å². The van der Waals surface area contributed by atoms with Gasteiger partial charge in [0.15, 0.2) is 10.0 Å². The fraction of sp³-hybridized carbons (Fsp3) is 0.414. The Balaban J connectivity index is 0.000000496. The number of nitrogen functional groups attached to an aromatic ring is 1. The molecule has 3 aromatic heterocycles. The number of ether oxygens (including phenoxy) is 1. The highest BCUT2D eigenvalue weighted by Gasteiger charge is 2.22. The van der Waals surface area contributed by atoms with E-state index >= 15 is 0 Å². The topological polar surface area (TPSA) is 151 Å². The lowest BCUT2D eigenvalue weighted by Crippen LogP contribution is -2.26. The number of aromatic nitrogens is 3. The zero-order chi connectivity index (χ0) is 30.3. The van der Waals surface area contributed by atoms with Crippen LogP contribution in [0.3, 0.4) is 0 Å². The molecule has 4 aromatic rings. The van der Waals surface area contributed by atoms with Crippen LogP contribution in [0.15, 0.2) is 43.9 Å². The second-order valence-electron chi connectivity index (χ2n) is 9.60. The molecule has 1 aromatic carbocycles. The fourth-order valence-electron chi connectivity index (χ4n) is 4.20. The second kappa shape index (κ2) is 14.0. The number of anilines is 1. The van der Waals surface area contributed by atoms with E-state index in [1.165, 1.54) is 0 Å². The molecule has 0 atom stereocenters. The molecule has 0 saturated carbocycles. The molecule has 0 unspecified atom stereocenters. The summed E-state index contributed by atoms with van der Waals surface area (Å²) >= 11 is 1.04. The minimum Gasteiger partial charge on any atom is -0.381 e. The van der Waals surface area contributed by atoms with Crippen molar-refractivity contribution < 1.29 is 22.2 Å². The van der Waals surface area contributed by atoms with Crippen LogP contribution in [0.2, 0.25) is 0 Å². The number of hydrogen-bond donors (Lipinski definition) is 2. The van der Waals surface area contributed by atoms with Crippen molar-refractivity contribution >= 4 is 27.3 Å². The molecule has 0 amide bonds. The summed E-state index contributed by atoms with van der Waals surface area (Å²) in [4.78, 5) is 18.2. The van der Waals surface area contributed by atoms with Crippen molar-refractivity contribution in [3.63, 3.8) is 0 Å². The van der Waals surface area contributed by atoms with Crippen molar-refractivity contribution in [2.45, 2.75) is 78.2 Å². The Hall–Kier alpha value is -3.32. The molecule has 0 bridgehead atoms. The molecule has 4 rings (SSSR count). The van der Waals surface area contributed by atoms with Crippen LogP contribution in [0.5, 0.6) is 0 Å². The van der Waals surface area contributed by atoms with Gasteiger partial charge in [0.2, 0.25) is 0 Å². The smallest absolute Gasteiger partial charge is 0.304 e.